The van der Waals surface area contributed by atoms with E-state index in [2.05, 4.69) is 5.32 Å². The highest BCUT2D eigenvalue weighted by atomic mass is 19.1. The molecule has 1 amide bonds. The van der Waals surface area contributed by atoms with Crippen molar-refractivity contribution in [2.45, 2.75) is 13.0 Å². The number of hydrogen-bond donors (Lipinski definition) is 1. The number of amides is 1. The summed E-state index contributed by atoms with van der Waals surface area (Å²) in [5, 5.41) is 3.21. The highest BCUT2D eigenvalue weighted by molar-refractivity contribution is 5.94. The van der Waals surface area contributed by atoms with Gasteiger partial charge >= 0.3 is 5.63 Å². The molecule has 1 heterocycles. The summed E-state index contributed by atoms with van der Waals surface area (Å²) in [7, 11) is 0. The van der Waals surface area contributed by atoms with Gasteiger partial charge in [-0.3, -0.25) is 4.79 Å². The summed E-state index contributed by atoms with van der Waals surface area (Å²) < 4.78 is 24.2. The van der Waals surface area contributed by atoms with Crippen molar-refractivity contribution < 1.29 is 18.3 Å². The second-order valence-corrected chi connectivity index (χ2v) is 5.18. The molecule has 0 radical (unpaired) electrons. The molecule has 1 N–H and O–H groups in total. The lowest BCUT2D eigenvalue weighted by Crippen LogP contribution is -2.30. The Morgan fingerprint density at radius 3 is 2.71 bits per heavy atom. The molecule has 0 saturated carbocycles. The van der Waals surface area contributed by atoms with Gasteiger partial charge in [0, 0.05) is 17.5 Å². The number of para-hydroxylation sites is 1. The minimum Gasteiger partial charge on any atom is -0.481 e. The van der Waals surface area contributed by atoms with Gasteiger partial charge in [-0.15, -0.1) is 0 Å². The lowest BCUT2D eigenvalue weighted by Gasteiger charge is -2.15. The standard InChI is InChI=1S/C18H14FNO4/c1-11(18(22)20-15-5-3-2-4-14(15)19)23-13-8-6-12-7-9-17(21)24-16(12)10-13/h2-11H,1H3,(H,20,22)/t11-/m1/s1. The molecule has 0 aliphatic heterocycles. The first kappa shape index (κ1) is 15.7. The Balaban J connectivity index is 1.74. The highest BCUT2D eigenvalue weighted by Gasteiger charge is 2.16. The van der Waals surface area contributed by atoms with Gasteiger partial charge in [-0.25, -0.2) is 9.18 Å². The van der Waals surface area contributed by atoms with E-state index in [0.29, 0.717) is 11.3 Å². The van der Waals surface area contributed by atoms with E-state index < -0.39 is 23.5 Å². The monoisotopic (exact) mass is 327 g/mol. The van der Waals surface area contributed by atoms with Crippen LogP contribution in [-0.4, -0.2) is 12.0 Å². The van der Waals surface area contributed by atoms with Gasteiger partial charge in [0.15, 0.2) is 6.10 Å². The maximum atomic E-state index is 13.6. The number of ether oxygens (including phenoxy) is 1. The van der Waals surface area contributed by atoms with Crippen LogP contribution in [-0.2, 0) is 4.79 Å². The summed E-state index contributed by atoms with van der Waals surface area (Å²) in [5.41, 5.74) is -0.0193. The number of nitrogens with one attached hydrogen (secondary N) is 1. The maximum absolute atomic E-state index is 13.6. The molecule has 0 saturated heterocycles. The van der Waals surface area contributed by atoms with E-state index >= 15 is 0 Å². The Morgan fingerprint density at radius 2 is 1.92 bits per heavy atom. The number of benzene rings is 2. The fraction of sp³-hybridized carbons (Fsp3) is 0.111. The quantitative estimate of drug-likeness (QED) is 0.746. The van der Waals surface area contributed by atoms with Crippen LogP contribution in [0.25, 0.3) is 11.0 Å². The molecule has 3 aromatic rings. The van der Waals surface area contributed by atoms with Crippen molar-refractivity contribution in [1.82, 2.24) is 0 Å². The molecule has 2 aromatic carbocycles. The van der Waals surface area contributed by atoms with Gasteiger partial charge in [-0.05, 0) is 37.3 Å². The van der Waals surface area contributed by atoms with Crippen LogP contribution in [0.2, 0.25) is 0 Å². The summed E-state index contributed by atoms with van der Waals surface area (Å²) >= 11 is 0. The molecule has 0 aliphatic carbocycles. The fourth-order valence-corrected chi connectivity index (χ4v) is 2.17. The first-order chi connectivity index (χ1) is 11.5. The van der Waals surface area contributed by atoms with E-state index in [9.17, 15) is 14.0 Å². The minimum absolute atomic E-state index is 0.0856. The smallest absolute Gasteiger partial charge is 0.336 e. The zero-order valence-electron chi connectivity index (χ0n) is 12.8. The molecule has 6 heteroatoms. The predicted molar refractivity (Wildman–Crippen MR) is 87.6 cm³/mol. The van der Waals surface area contributed by atoms with E-state index in [-0.39, 0.29) is 5.69 Å². The minimum atomic E-state index is -0.863. The Kier molecular flexibility index (Phi) is 4.29. The van der Waals surface area contributed by atoms with E-state index in [4.69, 9.17) is 9.15 Å². The summed E-state index contributed by atoms with van der Waals surface area (Å²) in [5.74, 6) is -0.645. The van der Waals surface area contributed by atoms with E-state index in [1.807, 2.05) is 0 Å². The molecule has 1 aromatic heterocycles. The van der Waals surface area contributed by atoms with Crippen molar-refractivity contribution in [3.63, 3.8) is 0 Å². The number of rotatable bonds is 4. The van der Waals surface area contributed by atoms with Crippen LogP contribution in [0.5, 0.6) is 5.75 Å². The molecular weight excluding hydrogens is 313 g/mol. The molecule has 0 unspecified atom stereocenters. The molecule has 0 bridgehead atoms. The van der Waals surface area contributed by atoms with Gasteiger partial charge in [-0.2, -0.15) is 0 Å². The summed E-state index contributed by atoms with van der Waals surface area (Å²) in [6.45, 7) is 1.54. The molecule has 0 fully saturated rings. The zero-order chi connectivity index (χ0) is 17.1. The third-order valence-electron chi connectivity index (χ3n) is 3.41. The van der Waals surface area contributed by atoms with Crippen LogP contribution in [0.1, 0.15) is 6.92 Å². The molecule has 0 spiro atoms. The summed E-state index contributed by atoms with van der Waals surface area (Å²) in [6, 6.07) is 13.8. The lowest BCUT2D eigenvalue weighted by atomic mass is 10.2. The third-order valence-corrected chi connectivity index (χ3v) is 3.41. The molecule has 0 aliphatic rings. The van der Waals surface area contributed by atoms with Crippen molar-refractivity contribution in [2.75, 3.05) is 5.32 Å². The molecule has 3 rings (SSSR count). The van der Waals surface area contributed by atoms with E-state index in [1.165, 1.54) is 30.3 Å². The second kappa shape index (κ2) is 6.54. The summed E-state index contributed by atoms with van der Waals surface area (Å²) in [4.78, 5) is 23.4. The SMILES string of the molecule is C[C@@H](Oc1ccc2ccc(=O)oc2c1)C(=O)Nc1ccccc1F. The van der Waals surface area contributed by atoms with Gasteiger partial charge in [0.2, 0.25) is 0 Å². The van der Waals surface area contributed by atoms with Gasteiger partial charge in [-0.1, -0.05) is 12.1 Å². The fourth-order valence-electron chi connectivity index (χ4n) is 2.17. The van der Waals surface area contributed by atoms with Gasteiger partial charge < -0.3 is 14.5 Å². The largest absolute Gasteiger partial charge is 0.481 e. The van der Waals surface area contributed by atoms with Crippen molar-refractivity contribution in [1.29, 1.82) is 0 Å². The number of hydrogen-bond acceptors (Lipinski definition) is 4. The average Bonchev–Trinajstić information content (AvgIpc) is 2.56. The number of carbonyl (C=O) groups excluding carboxylic acids is 1. The predicted octanol–water partition coefficient (Wildman–Crippen LogP) is 3.34. The van der Waals surface area contributed by atoms with Crippen LogP contribution < -0.4 is 15.7 Å². The van der Waals surface area contributed by atoms with Crippen molar-refractivity contribution >= 4 is 22.6 Å². The van der Waals surface area contributed by atoms with Crippen LogP contribution in [0, 0.1) is 5.82 Å². The molecular formula is C18H14FNO4. The Labute approximate surface area is 136 Å². The third kappa shape index (κ3) is 3.43. The van der Waals surface area contributed by atoms with E-state index in [0.717, 1.165) is 5.39 Å². The Hall–Kier alpha value is -3.15. The first-order valence-electron chi connectivity index (χ1n) is 7.29. The van der Waals surface area contributed by atoms with Gasteiger partial charge in [0.25, 0.3) is 5.91 Å². The number of halogens is 1. The van der Waals surface area contributed by atoms with Crippen molar-refractivity contribution in [3.8, 4) is 5.75 Å². The van der Waals surface area contributed by atoms with Gasteiger partial charge in [0.05, 0.1) is 5.69 Å². The molecule has 1 atom stereocenters. The average molecular weight is 327 g/mol. The summed E-state index contributed by atoms with van der Waals surface area (Å²) in [6.07, 6.45) is -0.863. The van der Waals surface area contributed by atoms with Crippen LogP contribution in [0.3, 0.4) is 0 Å². The Morgan fingerprint density at radius 1 is 1.17 bits per heavy atom. The zero-order valence-corrected chi connectivity index (χ0v) is 12.8. The number of anilines is 1. The van der Waals surface area contributed by atoms with E-state index in [1.54, 1.807) is 31.2 Å². The van der Waals surface area contributed by atoms with Crippen LogP contribution >= 0.6 is 0 Å². The van der Waals surface area contributed by atoms with Gasteiger partial charge in [0.1, 0.15) is 17.1 Å². The first-order valence-corrected chi connectivity index (χ1v) is 7.29. The highest BCUT2D eigenvalue weighted by Crippen LogP contribution is 2.21. The molecule has 5 nitrogen and oxygen atoms in total. The number of fused-ring (bicyclic) bond motifs is 1. The lowest BCUT2D eigenvalue weighted by molar-refractivity contribution is -0.122. The van der Waals surface area contributed by atoms with Crippen molar-refractivity contribution in [3.05, 3.63) is 70.8 Å². The second-order valence-electron chi connectivity index (χ2n) is 5.18. The topological polar surface area (TPSA) is 68.5 Å². The number of carbonyl (C=O) groups is 1. The normalized spacial score (nSPS) is 11.9. The maximum Gasteiger partial charge on any atom is 0.336 e. The van der Waals surface area contributed by atoms with Crippen molar-refractivity contribution in [2.24, 2.45) is 0 Å². The van der Waals surface area contributed by atoms with Crippen LogP contribution in [0.15, 0.2) is 63.8 Å². The van der Waals surface area contributed by atoms with Crippen LogP contribution in [0.4, 0.5) is 10.1 Å². The Bertz CT molecular complexity index is 951. The molecule has 24 heavy (non-hydrogen) atoms. The molecule has 122 valence electrons.